The summed E-state index contributed by atoms with van der Waals surface area (Å²) < 4.78 is 8.20. The van der Waals surface area contributed by atoms with E-state index in [9.17, 15) is 4.79 Å². The van der Waals surface area contributed by atoms with E-state index in [0.717, 1.165) is 39.3 Å². The first-order valence-electron chi connectivity index (χ1n) is 10.2. The molecule has 30 heavy (non-hydrogen) atoms. The molecule has 2 atom stereocenters. The Labute approximate surface area is 176 Å². The van der Waals surface area contributed by atoms with Gasteiger partial charge in [-0.25, -0.2) is 9.97 Å². The number of hydrogen-bond acceptors (Lipinski definition) is 5. The van der Waals surface area contributed by atoms with E-state index < -0.39 is 0 Å². The second-order valence-corrected chi connectivity index (χ2v) is 8.19. The number of benzene rings is 1. The molecule has 1 saturated heterocycles. The van der Waals surface area contributed by atoms with Gasteiger partial charge in [0.25, 0.3) is 0 Å². The van der Waals surface area contributed by atoms with Crippen molar-refractivity contribution in [1.82, 2.24) is 19.9 Å². The van der Waals surface area contributed by atoms with Gasteiger partial charge in [0.15, 0.2) is 0 Å². The maximum atomic E-state index is 11.6. The molecule has 3 heterocycles. The van der Waals surface area contributed by atoms with Crippen LogP contribution in [0, 0.1) is 12.8 Å². The molecule has 1 aliphatic rings. The van der Waals surface area contributed by atoms with E-state index in [2.05, 4.69) is 21.4 Å². The number of imidazole rings is 1. The Balaban J connectivity index is 1.76. The fraction of sp³-hybridized carbons (Fsp3) is 0.391. The van der Waals surface area contributed by atoms with Gasteiger partial charge in [0.1, 0.15) is 11.6 Å². The fourth-order valence-corrected chi connectivity index (χ4v) is 3.73. The van der Waals surface area contributed by atoms with Crippen molar-refractivity contribution in [2.24, 2.45) is 18.0 Å². The molecule has 7 nitrogen and oxygen atoms in total. The van der Waals surface area contributed by atoms with Gasteiger partial charge in [-0.2, -0.15) is 0 Å². The number of rotatable bonds is 5. The van der Waals surface area contributed by atoms with Crippen LogP contribution < -0.4 is 10.1 Å². The second-order valence-electron chi connectivity index (χ2n) is 8.19. The molecule has 1 aliphatic heterocycles. The van der Waals surface area contributed by atoms with Crippen molar-refractivity contribution in [3.8, 4) is 17.1 Å². The van der Waals surface area contributed by atoms with Gasteiger partial charge in [-0.1, -0.05) is 12.1 Å². The highest BCUT2D eigenvalue weighted by molar-refractivity contribution is 5.86. The number of pyridine rings is 1. The van der Waals surface area contributed by atoms with Crippen LogP contribution in [0.3, 0.4) is 0 Å². The Morgan fingerprint density at radius 3 is 2.83 bits per heavy atom. The van der Waals surface area contributed by atoms with Crippen LogP contribution >= 0.6 is 0 Å². The highest BCUT2D eigenvalue weighted by atomic mass is 16.5. The van der Waals surface area contributed by atoms with Crippen molar-refractivity contribution in [1.29, 1.82) is 0 Å². The van der Waals surface area contributed by atoms with Crippen molar-refractivity contribution >= 4 is 28.3 Å². The van der Waals surface area contributed by atoms with Gasteiger partial charge in [-0.05, 0) is 45.4 Å². The summed E-state index contributed by atoms with van der Waals surface area (Å²) in [6, 6.07) is 8.13. The lowest BCUT2D eigenvalue weighted by Gasteiger charge is -2.20. The number of ether oxygens (including phenoxy) is 1. The number of carbonyl (C=O) groups excluding carboxylic acids is 1. The van der Waals surface area contributed by atoms with Crippen LogP contribution in [0.25, 0.3) is 22.3 Å². The molecule has 1 amide bonds. The number of aliphatic imine (C=N–C) groups is 1. The van der Waals surface area contributed by atoms with E-state index in [1.54, 1.807) is 6.33 Å². The average molecular weight is 406 g/mol. The lowest BCUT2D eigenvalue weighted by atomic mass is 10.0. The Hall–Kier alpha value is -3.22. The first-order chi connectivity index (χ1) is 14.3. The summed E-state index contributed by atoms with van der Waals surface area (Å²) >= 11 is 0. The Morgan fingerprint density at radius 2 is 2.13 bits per heavy atom. The van der Waals surface area contributed by atoms with Crippen LogP contribution in [0.5, 0.6) is 5.88 Å². The molecule has 0 unspecified atom stereocenters. The molecule has 1 fully saturated rings. The quantitative estimate of drug-likeness (QED) is 0.652. The minimum absolute atomic E-state index is 0.0711. The predicted molar refractivity (Wildman–Crippen MR) is 118 cm³/mol. The third kappa shape index (κ3) is 3.92. The first-order valence-corrected chi connectivity index (χ1v) is 10.2. The zero-order valence-corrected chi connectivity index (χ0v) is 18.1. The molecule has 4 rings (SSSR count). The smallest absolute Gasteiger partial charge is 0.241 e. The molecular weight excluding hydrogens is 378 g/mol. The highest BCUT2D eigenvalue weighted by Crippen LogP contribution is 2.32. The largest absolute Gasteiger partial charge is 0.473 e. The van der Waals surface area contributed by atoms with Gasteiger partial charge in [-0.15, -0.1) is 0 Å². The van der Waals surface area contributed by atoms with Crippen molar-refractivity contribution in [2.75, 3.05) is 6.54 Å². The molecule has 3 aromatic rings. The van der Waals surface area contributed by atoms with Gasteiger partial charge in [0.05, 0.1) is 23.2 Å². The Kier molecular flexibility index (Phi) is 5.28. The molecule has 156 valence electrons. The van der Waals surface area contributed by atoms with Gasteiger partial charge in [-0.3, -0.25) is 9.79 Å². The predicted octanol–water partition coefficient (Wildman–Crippen LogP) is 3.96. The number of nitrogens with zero attached hydrogens (tertiary/aromatic N) is 4. The SMILES string of the molecule is CC(C)=Nc1cc(-c2cc3ncn(C)c3c(O[C@H](C)[C@H]3CNC(=O)C3)n2)ccc1C. The molecule has 0 bridgehead atoms. The molecule has 0 spiro atoms. The first kappa shape index (κ1) is 20.1. The van der Waals surface area contributed by atoms with E-state index in [1.165, 1.54) is 0 Å². The van der Waals surface area contributed by atoms with Gasteiger partial charge in [0.2, 0.25) is 11.8 Å². The lowest BCUT2D eigenvalue weighted by Crippen LogP contribution is -2.26. The Bertz CT molecular complexity index is 1140. The number of nitrogens with one attached hydrogen (secondary N) is 1. The van der Waals surface area contributed by atoms with Crippen LogP contribution in [0.1, 0.15) is 32.8 Å². The summed E-state index contributed by atoms with van der Waals surface area (Å²) in [4.78, 5) is 25.6. The number of carbonyl (C=O) groups is 1. The van der Waals surface area contributed by atoms with Crippen molar-refractivity contribution in [3.63, 3.8) is 0 Å². The summed E-state index contributed by atoms with van der Waals surface area (Å²) in [6.45, 7) is 8.64. The number of amides is 1. The molecule has 1 aromatic carbocycles. The number of aromatic nitrogens is 3. The third-order valence-corrected chi connectivity index (χ3v) is 5.48. The summed E-state index contributed by atoms with van der Waals surface area (Å²) in [7, 11) is 1.93. The van der Waals surface area contributed by atoms with E-state index in [-0.39, 0.29) is 17.9 Å². The van der Waals surface area contributed by atoms with E-state index in [4.69, 9.17) is 9.72 Å². The molecule has 1 N–H and O–H groups in total. The molecule has 0 aliphatic carbocycles. The maximum Gasteiger partial charge on any atom is 0.241 e. The van der Waals surface area contributed by atoms with Gasteiger partial charge in [0, 0.05) is 37.2 Å². The summed E-state index contributed by atoms with van der Waals surface area (Å²) in [5, 5.41) is 2.87. The van der Waals surface area contributed by atoms with Crippen molar-refractivity contribution in [3.05, 3.63) is 36.2 Å². The molecular formula is C23H27N5O2. The fourth-order valence-electron chi connectivity index (χ4n) is 3.73. The minimum atomic E-state index is -0.147. The van der Waals surface area contributed by atoms with Crippen molar-refractivity contribution in [2.45, 2.75) is 40.2 Å². The zero-order valence-electron chi connectivity index (χ0n) is 18.1. The van der Waals surface area contributed by atoms with E-state index in [1.807, 2.05) is 57.5 Å². The monoisotopic (exact) mass is 405 g/mol. The van der Waals surface area contributed by atoms with Crippen LogP contribution in [-0.2, 0) is 11.8 Å². The van der Waals surface area contributed by atoms with Crippen LogP contribution in [0.4, 0.5) is 5.69 Å². The van der Waals surface area contributed by atoms with Crippen LogP contribution in [0.15, 0.2) is 35.6 Å². The number of aryl methyl sites for hydroxylation is 2. The maximum absolute atomic E-state index is 11.6. The van der Waals surface area contributed by atoms with Crippen LogP contribution in [-0.4, -0.2) is 38.8 Å². The summed E-state index contributed by atoms with van der Waals surface area (Å²) in [6.07, 6.45) is 2.09. The molecule has 0 saturated carbocycles. The minimum Gasteiger partial charge on any atom is -0.473 e. The van der Waals surface area contributed by atoms with Gasteiger partial charge < -0.3 is 14.6 Å². The van der Waals surface area contributed by atoms with E-state index >= 15 is 0 Å². The summed E-state index contributed by atoms with van der Waals surface area (Å²) in [5.74, 6) is 0.729. The standard InChI is InChI=1S/C23H27N5O2/c1-13(2)26-18-8-16(7-6-14(18)3)19-10-20-22(28(5)12-25-20)23(27-19)30-15(4)17-9-21(29)24-11-17/h6-8,10,12,15,17H,9,11H2,1-5H3,(H,24,29)/t15-,17-/m1/s1. The average Bonchev–Trinajstić information content (AvgIpc) is 3.29. The molecule has 2 aromatic heterocycles. The second kappa shape index (κ2) is 7.89. The normalized spacial score (nSPS) is 17.1. The highest BCUT2D eigenvalue weighted by Gasteiger charge is 2.29. The Morgan fingerprint density at radius 1 is 1.33 bits per heavy atom. The number of fused-ring (bicyclic) bond motifs is 1. The van der Waals surface area contributed by atoms with Crippen LogP contribution in [0.2, 0.25) is 0 Å². The summed E-state index contributed by atoms with van der Waals surface area (Å²) in [5.41, 5.74) is 6.46. The third-order valence-electron chi connectivity index (χ3n) is 5.48. The zero-order chi connectivity index (χ0) is 21.4. The van der Waals surface area contributed by atoms with Gasteiger partial charge >= 0.3 is 0 Å². The topological polar surface area (TPSA) is 81.4 Å². The lowest BCUT2D eigenvalue weighted by molar-refractivity contribution is -0.119. The number of hydrogen-bond donors (Lipinski definition) is 1. The molecule has 7 heteroatoms. The van der Waals surface area contributed by atoms with Crippen molar-refractivity contribution < 1.29 is 9.53 Å². The van der Waals surface area contributed by atoms with E-state index in [0.29, 0.717) is 18.8 Å². The molecule has 0 radical (unpaired) electrons.